The molecule has 0 saturated carbocycles. The lowest BCUT2D eigenvalue weighted by molar-refractivity contribution is -0.125. The van der Waals surface area contributed by atoms with E-state index >= 15 is 0 Å². The second-order valence-electron chi connectivity index (χ2n) is 5.83. The Balaban J connectivity index is 1.65. The Bertz CT molecular complexity index is 597. The number of aromatic nitrogens is 1. The molecule has 2 heterocycles. The molecule has 1 aliphatic heterocycles. The zero-order chi connectivity index (χ0) is 18.4. The van der Waals surface area contributed by atoms with Gasteiger partial charge in [-0.15, -0.1) is 0 Å². The Morgan fingerprint density at radius 1 is 1.24 bits per heavy atom. The molecule has 0 bridgehead atoms. The van der Waals surface area contributed by atoms with Gasteiger partial charge < -0.3 is 9.84 Å². The van der Waals surface area contributed by atoms with Crippen LogP contribution in [0.2, 0.25) is 0 Å². The number of hydrogen-bond donors (Lipinski definition) is 2. The second kappa shape index (κ2) is 8.30. The number of carbonyl (C=O) groups is 2. The molecule has 0 radical (unpaired) electrons. The van der Waals surface area contributed by atoms with Gasteiger partial charge in [0.25, 0.3) is 0 Å². The van der Waals surface area contributed by atoms with Gasteiger partial charge in [-0.2, -0.15) is 13.2 Å². The van der Waals surface area contributed by atoms with E-state index in [1.165, 1.54) is 0 Å². The van der Waals surface area contributed by atoms with E-state index in [1.54, 1.807) is 5.32 Å². The number of carbonyl (C=O) groups excluding carboxylic acids is 2. The molecule has 8 nitrogen and oxygen atoms in total. The normalized spacial score (nSPS) is 16.6. The van der Waals surface area contributed by atoms with Gasteiger partial charge in [-0.3, -0.25) is 19.9 Å². The highest BCUT2D eigenvalue weighted by Gasteiger charge is 2.28. The number of nitrogens with one attached hydrogen (secondary N) is 2. The van der Waals surface area contributed by atoms with Crippen molar-refractivity contribution in [2.45, 2.75) is 19.6 Å². The summed E-state index contributed by atoms with van der Waals surface area (Å²) in [6.07, 6.45) is -4.51. The number of amides is 3. The summed E-state index contributed by atoms with van der Waals surface area (Å²) in [6, 6.07) is 0.710. The molecule has 1 fully saturated rings. The molecule has 140 valence electrons. The fraction of sp³-hybridized carbons (Fsp3) is 0.643. The average Bonchev–Trinajstić information content (AvgIpc) is 2.91. The Morgan fingerprint density at radius 2 is 1.88 bits per heavy atom. The van der Waals surface area contributed by atoms with Gasteiger partial charge in [0.05, 0.1) is 12.2 Å². The fourth-order valence-electron chi connectivity index (χ4n) is 2.42. The third-order valence-electron chi connectivity index (χ3n) is 3.60. The van der Waals surface area contributed by atoms with Crippen molar-refractivity contribution in [3.63, 3.8) is 0 Å². The molecule has 0 spiro atoms. The van der Waals surface area contributed by atoms with Crippen molar-refractivity contribution in [2.24, 2.45) is 0 Å². The molecule has 0 unspecified atom stereocenters. The number of alkyl halides is 3. The van der Waals surface area contributed by atoms with Gasteiger partial charge in [0, 0.05) is 38.8 Å². The van der Waals surface area contributed by atoms with Crippen LogP contribution in [0.25, 0.3) is 0 Å². The van der Waals surface area contributed by atoms with Gasteiger partial charge in [-0.1, -0.05) is 5.16 Å². The number of nitrogens with zero attached hydrogens (tertiary/aromatic N) is 3. The zero-order valence-corrected chi connectivity index (χ0v) is 13.7. The number of hydrogen-bond acceptors (Lipinski definition) is 6. The van der Waals surface area contributed by atoms with Crippen molar-refractivity contribution < 1.29 is 27.3 Å². The van der Waals surface area contributed by atoms with E-state index in [1.807, 2.05) is 23.2 Å². The molecule has 0 aliphatic carbocycles. The molecule has 1 aliphatic rings. The van der Waals surface area contributed by atoms with E-state index < -0.39 is 24.7 Å². The molecule has 11 heteroatoms. The van der Waals surface area contributed by atoms with Gasteiger partial charge in [0.2, 0.25) is 5.91 Å². The van der Waals surface area contributed by atoms with Crippen LogP contribution in [0.1, 0.15) is 11.5 Å². The van der Waals surface area contributed by atoms with Gasteiger partial charge in [-0.05, 0) is 6.92 Å². The summed E-state index contributed by atoms with van der Waals surface area (Å²) in [4.78, 5) is 26.9. The highest BCUT2D eigenvalue weighted by atomic mass is 19.4. The monoisotopic (exact) mass is 363 g/mol. The van der Waals surface area contributed by atoms with E-state index in [2.05, 4.69) is 10.1 Å². The van der Waals surface area contributed by atoms with Crippen molar-refractivity contribution >= 4 is 11.9 Å². The average molecular weight is 363 g/mol. The molecular weight excluding hydrogens is 343 g/mol. The second-order valence-corrected chi connectivity index (χ2v) is 5.83. The Kier molecular flexibility index (Phi) is 6.37. The highest BCUT2D eigenvalue weighted by Crippen LogP contribution is 2.12. The molecule has 2 N–H and O–H groups in total. The van der Waals surface area contributed by atoms with Crippen LogP contribution in [0.3, 0.4) is 0 Å². The third-order valence-corrected chi connectivity index (χ3v) is 3.60. The standard InChI is InChI=1S/C14H20F3N5O3/c1-10-6-11(20-25-10)7-21-2-4-22(5-3-21)8-12(23)19-13(24)18-9-14(15,16)17/h6H,2-5,7-9H2,1H3,(H2,18,19,23,24). The summed E-state index contributed by atoms with van der Waals surface area (Å²) in [5.74, 6) is 0.106. The molecule has 1 aromatic heterocycles. The fourth-order valence-corrected chi connectivity index (χ4v) is 2.42. The van der Waals surface area contributed by atoms with Crippen LogP contribution >= 0.6 is 0 Å². The lowest BCUT2D eigenvalue weighted by Crippen LogP contribution is -2.51. The van der Waals surface area contributed by atoms with Crippen LogP contribution < -0.4 is 10.6 Å². The van der Waals surface area contributed by atoms with Gasteiger partial charge in [-0.25, -0.2) is 4.79 Å². The summed E-state index contributed by atoms with van der Waals surface area (Å²) in [6.45, 7) is 3.57. The Morgan fingerprint density at radius 3 is 2.44 bits per heavy atom. The predicted octanol–water partition coefficient (Wildman–Crippen LogP) is 0.489. The molecule has 0 atom stereocenters. The first-order valence-electron chi connectivity index (χ1n) is 7.72. The molecule has 2 rings (SSSR count). The minimum absolute atomic E-state index is 0.0453. The van der Waals surface area contributed by atoms with Crippen molar-refractivity contribution in [1.29, 1.82) is 0 Å². The summed E-state index contributed by atoms with van der Waals surface area (Å²) >= 11 is 0. The van der Waals surface area contributed by atoms with Crippen LogP contribution in [0.5, 0.6) is 0 Å². The number of rotatable bonds is 5. The maximum atomic E-state index is 12.0. The molecule has 1 aromatic rings. The topological polar surface area (TPSA) is 90.7 Å². The van der Waals surface area contributed by atoms with E-state index in [4.69, 9.17) is 4.52 Å². The van der Waals surface area contributed by atoms with Gasteiger partial charge >= 0.3 is 12.2 Å². The first-order chi connectivity index (χ1) is 11.7. The molecule has 25 heavy (non-hydrogen) atoms. The van der Waals surface area contributed by atoms with Crippen LogP contribution in [0, 0.1) is 6.92 Å². The Labute approximate surface area is 142 Å². The molecule has 3 amide bonds. The van der Waals surface area contributed by atoms with E-state index in [0.717, 1.165) is 11.5 Å². The predicted molar refractivity (Wildman–Crippen MR) is 80.6 cm³/mol. The lowest BCUT2D eigenvalue weighted by Gasteiger charge is -2.33. The van der Waals surface area contributed by atoms with Crippen molar-refractivity contribution in [1.82, 2.24) is 25.6 Å². The Hall–Kier alpha value is -2.14. The number of piperazine rings is 1. The first-order valence-corrected chi connectivity index (χ1v) is 7.72. The van der Waals surface area contributed by atoms with Crippen LogP contribution in [-0.4, -0.2) is 72.3 Å². The molecule has 1 saturated heterocycles. The summed E-state index contributed by atoms with van der Waals surface area (Å²) < 4.78 is 40.9. The minimum atomic E-state index is -4.51. The number of aryl methyl sites for hydroxylation is 1. The lowest BCUT2D eigenvalue weighted by atomic mass is 10.2. The highest BCUT2D eigenvalue weighted by molar-refractivity contribution is 5.95. The smallest absolute Gasteiger partial charge is 0.361 e. The zero-order valence-electron chi connectivity index (χ0n) is 13.7. The van der Waals surface area contributed by atoms with Gasteiger partial charge in [0.1, 0.15) is 12.3 Å². The SMILES string of the molecule is Cc1cc(CN2CCN(CC(=O)NC(=O)NCC(F)(F)F)CC2)no1. The third kappa shape index (κ3) is 7.10. The summed E-state index contributed by atoms with van der Waals surface area (Å²) in [5.41, 5.74) is 0.838. The van der Waals surface area contributed by atoms with Crippen LogP contribution in [0.15, 0.2) is 10.6 Å². The maximum absolute atomic E-state index is 12.0. The summed E-state index contributed by atoms with van der Waals surface area (Å²) in [5, 5.41) is 7.40. The number of halogens is 3. The van der Waals surface area contributed by atoms with E-state index in [9.17, 15) is 22.8 Å². The van der Waals surface area contributed by atoms with Crippen LogP contribution in [0.4, 0.5) is 18.0 Å². The van der Waals surface area contributed by atoms with E-state index in [-0.39, 0.29) is 6.54 Å². The maximum Gasteiger partial charge on any atom is 0.405 e. The van der Waals surface area contributed by atoms with Crippen molar-refractivity contribution in [3.05, 3.63) is 17.5 Å². The minimum Gasteiger partial charge on any atom is -0.361 e. The largest absolute Gasteiger partial charge is 0.405 e. The molecular formula is C14H20F3N5O3. The molecule has 0 aromatic carbocycles. The number of urea groups is 1. The van der Waals surface area contributed by atoms with Crippen molar-refractivity contribution in [3.8, 4) is 0 Å². The van der Waals surface area contributed by atoms with Crippen LogP contribution in [-0.2, 0) is 11.3 Å². The quantitative estimate of drug-likeness (QED) is 0.791. The van der Waals surface area contributed by atoms with Gasteiger partial charge in [0.15, 0.2) is 0 Å². The first kappa shape index (κ1) is 19.2. The van der Waals surface area contributed by atoms with E-state index in [0.29, 0.717) is 32.7 Å². The number of imide groups is 1. The van der Waals surface area contributed by atoms with Crippen molar-refractivity contribution in [2.75, 3.05) is 39.3 Å². The summed E-state index contributed by atoms with van der Waals surface area (Å²) in [7, 11) is 0.